The number of hydrogen-bond acceptors (Lipinski definition) is 4. The van der Waals surface area contributed by atoms with Crippen LogP contribution in [0, 0.1) is 6.92 Å². The highest BCUT2D eigenvalue weighted by Gasteiger charge is 2.06. The number of amidine groups is 1. The minimum atomic E-state index is -0.00457. The number of halogens is 1. The fraction of sp³-hybridized carbons (Fsp3) is 0.0769. The summed E-state index contributed by atoms with van der Waals surface area (Å²) in [6.07, 6.45) is 1.52. The fourth-order valence-electron chi connectivity index (χ4n) is 1.48. The van der Waals surface area contributed by atoms with E-state index >= 15 is 0 Å². The van der Waals surface area contributed by atoms with Crippen LogP contribution in [0.5, 0.6) is 11.6 Å². The fourth-order valence-corrected chi connectivity index (χ4v) is 1.64. The van der Waals surface area contributed by atoms with Crippen molar-refractivity contribution in [2.45, 2.75) is 6.92 Å². The molecule has 0 fully saturated rings. The number of nitrogens with two attached hydrogens (primary N) is 1. The molecule has 5 nitrogen and oxygen atoms in total. The molecule has 98 valence electrons. The molecule has 0 spiro atoms. The van der Waals surface area contributed by atoms with Crippen LogP contribution in [-0.2, 0) is 0 Å². The third-order valence-corrected chi connectivity index (χ3v) is 2.74. The van der Waals surface area contributed by atoms with Gasteiger partial charge < -0.3 is 15.7 Å². The summed E-state index contributed by atoms with van der Waals surface area (Å²) in [5.74, 6) is 0.946. The summed E-state index contributed by atoms with van der Waals surface area (Å²) in [4.78, 5) is 4.06. The Labute approximate surface area is 115 Å². The summed E-state index contributed by atoms with van der Waals surface area (Å²) in [5.41, 5.74) is 6.96. The Morgan fingerprint density at radius 2 is 2.16 bits per heavy atom. The molecule has 0 radical (unpaired) electrons. The van der Waals surface area contributed by atoms with E-state index in [-0.39, 0.29) is 5.84 Å². The number of hydrogen-bond donors (Lipinski definition) is 2. The number of benzene rings is 1. The molecule has 0 aliphatic rings. The van der Waals surface area contributed by atoms with Crippen LogP contribution < -0.4 is 10.5 Å². The number of nitrogens with zero attached hydrogens (tertiary/aromatic N) is 2. The smallest absolute Gasteiger partial charge is 0.219 e. The van der Waals surface area contributed by atoms with E-state index < -0.39 is 0 Å². The lowest BCUT2D eigenvalue weighted by molar-refractivity contribution is 0.318. The molecule has 0 aliphatic carbocycles. The van der Waals surface area contributed by atoms with Gasteiger partial charge in [0.25, 0.3) is 0 Å². The van der Waals surface area contributed by atoms with Gasteiger partial charge in [0.1, 0.15) is 5.75 Å². The van der Waals surface area contributed by atoms with E-state index in [1.165, 1.54) is 6.20 Å². The second-order valence-corrected chi connectivity index (χ2v) is 4.32. The van der Waals surface area contributed by atoms with Crippen LogP contribution in [0.15, 0.2) is 41.7 Å². The van der Waals surface area contributed by atoms with Crippen molar-refractivity contribution in [3.05, 3.63) is 52.7 Å². The molecular formula is C13H12ClN3O2. The predicted octanol–water partition coefficient (Wildman–Crippen LogP) is 2.93. The van der Waals surface area contributed by atoms with Crippen molar-refractivity contribution in [1.29, 1.82) is 0 Å². The van der Waals surface area contributed by atoms with Crippen LogP contribution in [0.1, 0.15) is 11.1 Å². The SMILES string of the molecule is Cc1ccc(Cl)cc1Oc1cc(C(N)=NO)ccn1. The number of aryl methyl sites for hydroxylation is 1. The molecular weight excluding hydrogens is 266 g/mol. The summed E-state index contributed by atoms with van der Waals surface area (Å²) in [5, 5.41) is 12.1. The van der Waals surface area contributed by atoms with Crippen molar-refractivity contribution in [3.63, 3.8) is 0 Å². The first-order valence-corrected chi connectivity index (χ1v) is 5.86. The van der Waals surface area contributed by atoms with Crippen LogP contribution in [0.4, 0.5) is 0 Å². The van der Waals surface area contributed by atoms with Gasteiger partial charge in [-0.2, -0.15) is 0 Å². The van der Waals surface area contributed by atoms with E-state index in [4.69, 9.17) is 27.3 Å². The van der Waals surface area contributed by atoms with Crippen molar-refractivity contribution >= 4 is 17.4 Å². The zero-order chi connectivity index (χ0) is 13.8. The second kappa shape index (κ2) is 5.58. The zero-order valence-electron chi connectivity index (χ0n) is 10.2. The van der Waals surface area contributed by atoms with Crippen molar-refractivity contribution in [3.8, 4) is 11.6 Å². The lowest BCUT2D eigenvalue weighted by atomic mass is 10.2. The van der Waals surface area contributed by atoms with Gasteiger partial charge in [0.15, 0.2) is 5.84 Å². The first-order chi connectivity index (χ1) is 9.10. The van der Waals surface area contributed by atoms with Gasteiger partial charge in [0.05, 0.1) is 0 Å². The van der Waals surface area contributed by atoms with E-state index in [1.807, 2.05) is 13.0 Å². The minimum Gasteiger partial charge on any atom is -0.439 e. The molecule has 19 heavy (non-hydrogen) atoms. The number of aromatic nitrogens is 1. The molecule has 0 saturated carbocycles. The van der Waals surface area contributed by atoms with Crippen LogP contribution >= 0.6 is 11.6 Å². The van der Waals surface area contributed by atoms with Gasteiger partial charge in [-0.3, -0.25) is 0 Å². The van der Waals surface area contributed by atoms with Gasteiger partial charge in [-0.1, -0.05) is 22.8 Å². The molecule has 1 aromatic heterocycles. The third-order valence-electron chi connectivity index (χ3n) is 2.50. The molecule has 0 saturated heterocycles. The molecule has 1 aromatic carbocycles. The lowest BCUT2D eigenvalue weighted by Crippen LogP contribution is -2.13. The van der Waals surface area contributed by atoms with Crippen LogP contribution in [0.3, 0.4) is 0 Å². The summed E-state index contributed by atoms with van der Waals surface area (Å²) in [6, 6.07) is 8.53. The highest BCUT2D eigenvalue weighted by molar-refractivity contribution is 6.30. The van der Waals surface area contributed by atoms with Crippen LogP contribution in [-0.4, -0.2) is 16.0 Å². The molecule has 3 N–H and O–H groups in total. The summed E-state index contributed by atoms with van der Waals surface area (Å²) >= 11 is 5.91. The topological polar surface area (TPSA) is 80.7 Å². The molecule has 6 heteroatoms. The first-order valence-electron chi connectivity index (χ1n) is 5.48. The standard InChI is InChI=1S/C13H12ClN3O2/c1-8-2-3-10(14)7-11(8)19-12-6-9(4-5-16-12)13(15)17-18/h2-7,18H,1H3,(H2,15,17). The lowest BCUT2D eigenvalue weighted by Gasteiger charge is -2.09. The zero-order valence-corrected chi connectivity index (χ0v) is 10.9. The van der Waals surface area contributed by atoms with Gasteiger partial charge in [-0.25, -0.2) is 4.98 Å². The summed E-state index contributed by atoms with van der Waals surface area (Å²) in [6.45, 7) is 1.90. The molecule has 0 bridgehead atoms. The van der Waals surface area contributed by atoms with Crippen LogP contribution in [0.2, 0.25) is 5.02 Å². The monoisotopic (exact) mass is 277 g/mol. The number of rotatable bonds is 3. The van der Waals surface area contributed by atoms with E-state index in [0.717, 1.165) is 5.56 Å². The molecule has 0 atom stereocenters. The molecule has 2 aromatic rings. The maximum Gasteiger partial charge on any atom is 0.219 e. The summed E-state index contributed by atoms with van der Waals surface area (Å²) in [7, 11) is 0. The Hall–Kier alpha value is -2.27. The Bertz CT molecular complexity index is 629. The Morgan fingerprint density at radius 3 is 2.89 bits per heavy atom. The van der Waals surface area contributed by atoms with E-state index in [2.05, 4.69) is 10.1 Å². The quantitative estimate of drug-likeness (QED) is 0.391. The second-order valence-electron chi connectivity index (χ2n) is 3.88. The van der Waals surface area contributed by atoms with Crippen molar-refractivity contribution < 1.29 is 9.94 Å². The molecule has 0 unspecified atom stereocenters. The maximum absolute atomic E-state index is 8.63. The third kappa shape index (κ3) is 3.14. The largest absolute Gasteiger partial charge is 0.439 e. The van der Waals surface area contributed by atoms with E-state index in [9.17, 15) is 0 Å². The Morgan fingerprint density at radius 1 is 1.37 bits per heavy atom. The van der Waals surface area contributed by atoms with Gasteiger partial charge in [0, 0.05) is 22.8 Å². The van der Waals surface area contributed by atoms with E-state index in [1.54, 1.807) is 24.3 Å². The molecule has 0 aliphatic heterocycles. The van der Waals surface area contributed by atoms with Gasteiger partial charge in [-0.15, -0.1) is 0 Å². The highest BCUT2D eigenvalue weighted by Crippen LogP contribution is 2.27. The van der Waals surface area contributed by atoms with Crippen molar-refractivity contribution in [2.75, 3.05) is 0 Å². The van der Waals surface area contributed by atoms with Crippen molar-refractivity contribution in [2.24, 2.45) is 10.9 Å². The van der Waals surface area contributed by atoms with Gasteiger partial charge >= 0.3 is 0 Å². The molecule has 1 heterocycles. The average Bonchev–Trinajstić information content (AvgIpc) is 2.42. The Kier molecular flexibility index (Phi) is 3.87. The maximum atomic E-state index is 8.63. The van der Waals surface area contributed by atoms with Gasteiger partial charge in [0.2, 0.25) is 5.88 Å². The number of pyridine rings is 1. The predicted molar refractivity (Wildman–Crippen MR) is 73.0 cm³/mol. The van der Waals surface area contributed by atoms with E-state index in [0.29, 0.717) is 22.2 Å². The minimum absolute atomic E-state index is 0.00457. The number of ether oxygens (including phenoxy) is 1. The van der Waals surface area contributed by atoms with Crippen LogP contribution in [0.25, 0.3) is 0 Å². The van der Waals surface area contributed by atoms with Crippen molar-refractivity contribution in [1.82, 2.24) is 4.98 Å². The van der Waals surface area contributed by atoms with Gasteiger partial charge in [-0.05, 0) is 30.7 Å². The first kappa shape index (κ1) is 13.2. The normalized spacial score (nSPS) is 11.4. The molecule has 0 amide bonds. The molecule has 2 rings (SSSR count). The number of oxime groups is 1. The Balaban J connectivity index is 2.31. The highest BCUT2D eigenvalue weighted by atomic mass is 35.5. The summed E-state index contributed by atoms with van der Waals surface area (Å²) < 4.78 is 5.64. The average molecular weight is 278 g/mol.